The molecule has 0 bridgehead atoms. The van der Waals surface area contributed by atoms with Crippen molar-refractivity contribution in [1.82, 2.24) is 15.0 Å². The molecule has 0 aliphatic carbocycles. The van der Waals surface area contributed by atoms with Gasteiger partial charge in [0, 0.05) is 37.7 Å². The van der Waals surface area contributed by atoms with E-state index in [9.17, 15) is 4.79 Å². The van der Waals surface area contributed by atoms with E-state index in [1.807, 2.05) is 25.1 Å². The van der Waals surface area contributed by atoms with Crippen LogP contribution in [-0.4, -0.2) is 40.2 Å². The van der Waals surface area contributed by atoms with Gasteiger partial charge in [-0.2, -0.15) is 0 Å². The summed E-state index contributed by atoms with van der Waals surface area (Å²) in [4.78, 5) is 18.2. The highest BCUT2D eigenvalue weighted by atomic mass is 16.5. The molecule has 0 spiro atoms. The van der Waals surface area contributed by atoms with Crippen LogP contribution in [0.2, 0.25) is 0 Å². The molecule has 0 radical (unpaired) electrons. The minimum absolute atomic E-state index is 0.0238. The molecule has 0 unspecified atom stereocenters. The standard InChI is InChI=1S/C16H19N3O3/c1-16(6-4-8-21-16)15(20)19(2)11-13-9-14(18-22-13)12-5-3-7-17-10-12/h3,5,7,9-10H,4,6,8,11H2,1-2H3/t16-/m0/s1. The molecule has 0 N–H and O–H groups in total. The first-order chi connectivity index (χ1) is 10.6. The summed E-state index contributed by atoms with van der Waals surface area (Å²) in [5.74, 6) is 0.612. The first kappa shape index (κ1) is 14.7. The van der Waals surface area contributed by atoms with Crippen molar-refractivity contribution in [2.24, 2.45) is 0 Å². The third kappa shape index (κ3) is 2.87. The lowest BCUT2D eigenvalue weighted by Gasteiger charge is -2.27. The summed E-state index contributed by atoms with van der Waals surface area (Å²) in [6.45, 7) is 2.86. The van der Waals surface area contributed by atoms with E-state index < -0.39 is 5.60 Å². The van der Waals surface area contributed by atoms with E-state index in [0.717, 1.165) is 18.4 Å². The molecular weight excluding hydrogens is 282 g/mol. The number of rotatable bonds is 4. The molecule has 6 heteroatoms. The van der Waals surface area contributed by atoms with Crippen molar-refractivity contribution in [1.29, 1.82) is 0 Å². The van der Waals surface area contributed by atoms with Gasteiger partial charge in [-0.3, -0.25) is 9.78 Å². The van der Waals surface area contributed by atoms with Crippen LogP contribution in [0.15, 0.2) is 35.1 Å². The zero-order valence-electron chi connectivity index (χ0n) is 12.8. The molecule has 116 valence electrons. The summed E-state index contributed by atoms with van der Waals surface area (Å²) in [7, 11) is 1.75. The van der Waals surface area contributed by atoms with Crippen LogP contribution in [0.5, 0.6) is 0 Å². The average molecular weight is 301 g/mol. The van der Waals surface area contributed by atoms with E-state index >= 15 is 0 Å². The quantitative estimate of drug-likeness (QED) is 0.866. The van der Waals surface area contributed by atoms with Gasteiger partial charge in [-0.05, 0) is 31.9 Å². The third-order valence-corrected chi connectivity index (χ3v) is 3.93. The van der Waals surface area contributed by atoms with Gasteiger partial charge in [0.25, 0.3) is 5.91 Å². The molecule has 1 saturated heterocycles. The van der Waals surface area contributed by atoms with Crippen LogP contribution in [0, 0.1) is 0 Å². The van der Waals surface area contributed by atoms with Crippen molar-refractivity contribution in [3.8, 4) is 11.3 Å². The van der Waals surface area contributed by atoms with Gasteiger partial charge >= 0.3 is 0 Å². The van der Waals surface area contributed by atoms with Crippen LogP contribution in [0.3, 0.4) is 0 Å². The Balaban J connectivity index is 1.68. The second kappa shape index (κ2) is 5.88. The molecule has 0 saturated carbocycles. The number of hydrogen-bond acceptors (Lipinski definition) is 5. The van der Waals surface area contributed by atoms with Gasteiger partial charge in [0.1, 0.15) is 11.3 Å². The first-order valence-electron chi connectivity index (χ1n) is 7.34. The van der Waals surface area contributed by atoms with Crippen LogP contribution in [0.25, 0.3) is 11.3 Å². The number of hydrogen-bond donors (Lipinski definition) is 0. The maximum atomic E-state index is 12.5. The van der Waals surface area contributed by atoms with Gasteiger partial charge in [0.15, 0.2) is 5.76 Å². The molecule has 1 aliphatic heterocycles. The number of amides is 1. The molecule has 3 rings (SSSR count). The van der Waals surface area contributed by atoms with Crippen molar-refractivity contribution in [3.05, 3.63) is 36.4 Å². The second-order valence-corrected chi connectivity index (χ2v) is 5.76. The Morgan fingerprint density at radius 3 is 3.05 bits per heavy atom. The summed E-state index contributed by atoms with van der Waals surface area (Å²) in [6.07, 6.45) is 5.11. The molecule has 1 aliphatic rings. The number of carbonyl (C=O) groups is 1. The van der Waals surface area contributed by atoms with Gasteiger partial charge in [-0.1, -0.05) is 5.16 Å². The van der Waals surface area contributed by atoms with Gasteiger partial charge in [-0.25, -0.2) is 0 Å². The van der Waals surface area contributed by atoms with Crippen LogP contribution in [0.1, 0.15) is 25.5 Å². The highest BCUT2D eigenvalue weighted by Gasteiger charge is 2.39. The smallest absolute Gasteiger partial charge is 0.254 e. The molecule has 0 aromatic carbocycles. The first-order valence-corrected chi connectivity index (χ1v) is 7.34. The van der Waals surface area contributed by atoms with Crippen molar-refractivity contribution >= 4 is 5.91 Å². The molecule has 3 heterocycles. The lowest BCUT2D eigenvalue weighted by molar-refractivity contribution is -0.150. The molecular formula is C16H19N3O3. The van der Waals surface area contributed by atoms with Gasteiger partial charge in [0.2, 0.25) is 0 Å². The lowest BCUT2D eigenvalue weighted by Crippen LogP contribution is -2.44. The summed E-state index contributed by atoms with van der Waals surface area (Å²) < 4.78 is 10.9. The highest BCUT2D eigenvalue weighted by molar-refractivity contribution is 5.84. The number of nitrogens with zero attached hydrogens (tertiary/aromatic N) is 3. The predicted octanol–water partition coefficient (Wildman–Crippen LogP) is 2.26. The van der Waals surface area contributed by atoms with Crippen molar-refractivity contribution in [3.63, 3.8) is 0 Å². The zero-order valence-corrected chi connectivity index (χ0v) is 12.8. The topological polar surface area (TPSA) is 68.5 Å². The van der Waals surface area contributed by atoms with Crippen LogP contribution in [-0.2, 0) is 16.1 Å². The number of ether oxygens (including phenoxy) is 1. The normalized spacial score (nSPS) is 21.0. The molecule has 6 nitrogen and oxygen atoms in total. The SMILES string of the molecule is CN(Cc1cc(-c2cccnc2)no1)C(=O)[C@]1(C)CCCO1. The Bertz CT molecular complexity index is 648. The molecule has 1 atom stereocenters. The van der Waals surface area contributed by atoms with E-state index in [2.05, 4.69) is 10.1 Å². The van der Waals surface area contributed by atoms with E-state index in [1.165, 1.54) is 0 Å². The zero-order chi connectivity index (χ0) is 15.6. The van der Waals surface area contributed by atoms with E-state index in [-0.39, 0.29) is 5.91 Å². The third-order valence-electron chi connectivity index (χ3n) is 3.93. The van der Waals surface area contributed by atoms with Crippen molar-refractivity contribution < 1.29 is 14.1 Å². The van der Waals surface area contributed by atoms with E-state index in [4.69, 9.17) is 9.26 Å². The van der Waals surface area contributed by atoms with E-state index in [0.29, 0.717) is 24.6 Å². The fourth-order valence-electron chi connectivity index (χ4n) is 2.69. The fraction of sp³-hybridized carbons (Fsp3) is 0.438. The molecule has 1 amide bonds. The fourth-order valence-corrected chi connectivity index (χ4v) is 2.69. The molecule has 1 fully saturated rings. The lowest BCUT2D eigenvalue weighted by atomic mass is 10.0. The summed E-state index contributed by atoms with van der Waals surface area (Å²) in [5.41, 5.74) is 0.894. The minimum Gasteiger partial charge on any atom is -0.365 e. The minimum atomic E-state index is -0.707. The van der Waals surface area contributed by atoms with E-state index in [1.54, 1.807) is 24.3 Å². The summed E-state index contributed by atoms with van der Waals surface area (Å²) >= 11 is 0. The second-order valence-electron chi connectivity index (χ2n) is 5.76. The number of likely N-dealkylation sites (N-methyl/N-ethyl adjacent to an activating group) is 1. The highest BCUT2D eigenvalue weighted by Crippen LogP contribution is 2.27. The van der Waals surface area contributed by atoms with Gasteiger partial charge in [0.05, 0.1) is 6.54 Å². The number of pyridine rings is 1. The average Bonchev–Trinajstić information content (AvgIpc) is 3.17. The van der Waals surface area contributed by atoms with Crippen molar-refractivity contribution in [2.75, 3.05) is 13.7 Å². The summed E-state index contributed by atoms with van der Waals surface area (Å²) in [5, 5.41) is 4.03. The largest absolute Gasteiger partial charge is 0.365 e. The predicted molar refractivity (Wildman–Crippen MR) is 79.8 cm³/mol. The van der Waals surface area contributed by atoms with Gasteiger partial charge in [-0.15, -0.1) is 0 Å². The maximum Gasteiger partial charge on any atom is 0.254 e. The number of aromatic nitrogens is 2. The van der Waals surface area contributed by atoms with Crippen molar-refractivity contribution in [2.45, 2.75) is 31.9 Å². The Hall–Kier alpha value is -2.21. The number of carbonyl (C=O) groups excluding carboxylic acids is 1. The van der Waals surface area contributed by atoms with Crippen LogP contribution in [0.4, 0.5) is 0 Å². The Morgan fingerprint density at radius 2 is 2.36 bits per heavy atom. The van der Waals surface area contributed by atoms with Gasteiger partial charge < -0.3 is 14.2 Å². The Morgan fingerprint density at radius 1 is 1.50 bits per heavy atom. The summed E-state index contributed by atoms with van der Waals surface area (Å²) in [6, 6.07) is 5.59. The Kier molecular flexibility index (Phi) is 3.94. The molecule has 22 heavy (non-hydrogen) atoms. The maximum absolute atomic E-state index is 12.5. The Labute approximate surface area is 129 Å². The molecule has 2 aromatic heterocycles. The molecule has 2 aromatic rings. The van der Waals surface area contributed by atoms with Crippen LogP contribution >= 0.6 is 0 Å². The van der Waals surface area contributed by atoms with Crippen LogP contribution < -0.4 is 0 Å². The monoisotopic (exact) mass is 301 g/mol.